The van der Waals surface area contributed by atoms with Gasteiger partial charge >= 0.3 is 0 Å². The van der Waals surface area contributed by atoms with Gasteiger partial charge in [-0.2, -0.15) is 0 Å². The third-order valence-electron chi connectivity index (χ3n) is 12.2. The van der Waals surface area contributed by atoms with Gasteiger partial charge in [0.05, 0.1) is 26.9 Å². The van der Waals surface area contributed by atoms with Gasteiger partial charge in [0.2, 0.25) is 0 Å². The molecule has 9 aromatic carbocycles. The minimum atomic E-state index is -0.618. The summed E-state index contributed by atoms with van der Waals surface area (Å²) in [4.78, 5) is 2.46. The summed E-state index contributed by atoms with van der Waals surface area (Å²) in [6.45, 7) is 0. The predicted molar refractivity (Wildman–Crippen MR) is 244 cm³/mol. The van der Waals surface area contributed by atoms with Crippen LogP contribution in [0.1, 0.15) is 22.3 Å². The highest BCUT2D eigenvalue weighted by Gasteiger charge is 2.48. The smallest absolute Gasteiger partial charge is 0.142 e. The number of anilines is 3. The number of fused-ring (bicyclic) bond motifs is 9. The molecule has 0 N–H and O–H groups in total. The molecular weight excluding hydrogens is 723 g/mol. The number of rotatable bonds is 6. The molecule has 2 nitrogen and oxygen atoms in total. The van der Waals surface area contributed by atoms with Crippen molar-refractivity contribution in [3.8, 4) is 22.3 Å². The zero-order valence-corrected chi connectivity index (χ0v) is 32.3. The number of thiophene rings is 1. The maximum Gasteiger partial charge on any atom is 0.142 e. The minimum Gasteiger partial charge on any atom is -0.456 e. The van der Waals surface area contributed by atoms with Crippen LogP contribution in [0, 0.1) is 0 Å². The van der Waals surface area contributed by atoms with Crippen molar-refractivity contribution in [1.82, 2.24) is 0 Å². The van der Waals surface area contributed by atoms with Gasteiger partial charge in [-0.25, -0.2) is 0 Å². The highest BCUT2D eigenvalue weighted by molar-refractivity contribution is 7.26. The van der Waals surface area contributed by atoms with E-state index in [-0.39, 0.29) is 0 Å². The molecule has 58 heavy (non-hydrogen) atoms. The van der Waals surface area contributed by atoms with Gasteiger partial charge in [0.25, 0.3) is 0 Å². The highest BCUT2D eigenvalue weighted by Crippen LogP contribution is 2.59. The van der Waals surface area contributed by atoms with Crippen LogP contribution < -0.4 is 4.90 Å². The van der Waals surface area contributed by atoms with Crippen molar-refractivity contribution in [3.05, 3.63) is 235 Å². The van der Waals surface area contributed by atoms with Gasteiger partial charge in [-0.1, -0.05) is 176 Å². The lowest BCUT2D eigenvalue weighted by molar-refractivity contribution is 0.648. The molecule has 0 radical (unpaired) electrons. The molecule has 0 amide bonds. The summed E-state index contributed by atoms with van der Waals surface area (Å²) in [6, 6.07) is 77.2. The lowest BCUT2D eigenvalue weighted by Crippen LogP contribution is -2.29. The number of benzene rings is 9. The SMILES string of the molecule is c1ccc(-c2ccc(N(c3ccccc3)c3ccc(C4(c5ccccc5)c5ccccc5-c5ccccc54)c4oc5ccccc5c34)c3sc4ccccc4c23)cc1. The first-order valence-corrected chi connectivity index (χ1v) is 20.7. The monoisotopic (exact) mass is 757 g/mol. The summed E-state index contributed by atoms with van der Waals surface area (Å²) in [5.74, 6) is 0. The van der Waals surface area contributed by atoms with Crippen molar-refractivity contribution in [1.29, 1.82) is 0 Å². The Labute approximate surface area is 340 Å². The summed E-state index contributed by atoms with van der Waals surface area (Å²) in [6.07, 6.45) is 0. The standard InChI is InChI=1S/C55H35NOS/c1-4-18-36(19-5-1)39-32-34-48(54-51(39)43-27-13-17-31-50(43)58-54)56(38-22-8-3-9-23-38)47-35-33-46(53-52(47)42-26-12-16-30-49(42)57-53)55(37-20-6-2-7-21-37)44-28-14-10-24-40(44)41-25-11-15-29-45(41)55/h1-35H. The fourth-order valence-corrected chi connectivity index (χ4v) is 11.0. The molecule has 1 aliphatic carbocycles. The molecule has 11 aromatic rings. The normalized spacial score (nSPS) is 13.0. The maximum atomic E-state index is 7.22. The molecule has 0 saturated carbocycles. The summed E-state index contributed by atoms with van der Waals surface area (Å²) < 4.78 is 9.74. The molecule has 272 valence electrons. The van der Waals surface area contributed by atoms with Crippen molar-refractivity contribution in [2.45, 2.75) is 5.41 Å². The van der Waals surface area contributed by atoms with Crippen LogP contribution in [0.2, 0.25) is 0 Å². The van der Waals surface area contributed by atoms with E-state index >= 15 is 0 Å². The molecule has 0 spiro atoms. The molecule has 2 aromatic heterocycles. The predicted octanol–water partition coefficient (Wildman–Crippen LogP) is 15.5. The van der Waals surface area contributed by atoms with E-state index in [0.717, 1.165) is 44.6 Å². The third kappa shape index (κ3) is 4.65. The van der Waals surface area contributed by atoms with E-state index in [1.807, 2.05) is 11.3 Å². The van der Waals surface area contributed by atoms with Gasteiger partial charge in [0.1, 0.15) is 11.2 Å². The summed E-state index contributed by atoms with van der Waals surface area (Å²) in [5.41, 5.74) is 14.3. The van der Waals surface area contributed by atoms with Crippen LogP contribution in [0.25, 0.3) is 64.4 Å². The molecule has 0 atom stereocenters. The van der Waals surface area contributed by atoms with Gasteiger partial charge < -0.3 is 9.32 Å². The van der Waals surface area contributed by atoms with Crippen LogP contribution in [-0.4, -0.2) is 0 Å². The number of para-hydroxylation sites is 2. The van der Waals surface area contributed by atoms with Crippen LogP contribution in [0.15, 0.2) is 217 Å². The van der Waals surface area contributed by atoms with Crippen LogP contribution >= 0.6 is 11.3 Å². The first kappa shape index (κ1) is 33.0. The van der Waals surface area contributed by atoms with Crippen molar-refractivity contribution in [2.75, 3.05) is 4.90 Å². The highest BCUT2D eigenvalue weighted by atomic mass is 32.1. The second-order valence-electron chi connectivity index (χ2n) is 15.1. The Hall–Kier alpha value is -7.20. The largest absolute Gasteiger partial charge is 0.456 e. The fourth-order valence-electron chi connectivity index (χ4n) is 9.81. The Morgan fingerprint density at radius 1 is 0.414 bits per heavy atom. The molecule has 0 unspecified atom stereocenters. The Bertz CT molecular complexity index is 3300. The topological polar surface area (TPSA) is 16.4 Å². The van der Waals surface area contributed by atoms with Crippen molar-refractivity contribution in [2.24, 2.45) is 0 Å². The lowest BCUT2D eigenvalue weighted by atomic mass is 9.67. The zero-order chi connectivity index (χ0) is 38.2. The first-order chi connectivity index (χ1) is 28.8. The Morgan fingerprint density at radius 2 is 1.00 bits per heavy atom. The van der Waals surface area contributed by atoms with Gasteiger partial charge in [-0.15, -0.1) is 11.3 Å². The first-order valence-electron chi connectivity index (χ1n) is 19.9. The minimum absolute atomic E-state index is 0.618. The average molecular weight is 758 g/mol. The second-order valence-corrected chi connectivity index (χ2v) is 16.2. The molecule has 2 heterocycles. The number of furan rings is 1. The van der Waals surface area contributed by atoms with E-state index in [9.17, 15) is 0 Å². The van der Waals surface area contributed by atoms with Crippen molar-refractivity contribution >= 4 is 70.5 Å². The molecular formula is C55H35NOS. The second kappa shape index (κ2) is 12.9. The Balaban J connectivity index is 1.21. The molecule has 0 saturated heterocycles. The van der Waals surface area contributed by atoms with E-state index in [2.05, 4.69) is 217 Å². The number of nitrogens with zero attached hydrogens (tertiary/aromatic N) is 1. The van der Waals surface area contributed by atoms with Crippen LogP contribution in [0.5, 0.6) is 0 Å². The molecule has 3 heteroatoms. The average Bonchev–Trinajstić information content (AvgIpc) is 3.97. The quantitative estimate of drug-likeness (QED) is 0.168. The molecule has 1 aliphatic rings. The van der Waals surface area contributed by atoms with Gasteiger partial charge in [0, 0.05) is 32.1 Å². The Kier molecular flexibility index (Phi) is 7.35. The van der Waals surface area contributed by atoms with Gasteiger partial charge in [0.15, 0.2) is 0 Å². The van der Waals surface area contributed by atoms with Crippen LogP contribution in [-0.2, 0) is 5.41 Å². The molecule has 0 bridgehead atoms. The van der Waals surface area contributed by atoms with Crippen molar-refractivity contribution < 1.29 is 4.42 Å². The number of hydrogen-bond acceptors (Lipinski definition) is 3. The zero-order valence-electron chi connectivity index (χ0n) is 31.5. The fraction of sp³-hybridized carbons (Fsp3) is 0.0182. The van der Waals surface area contributed by atoms with E-state index in [4.69, 9.17) is 4.42 Å². The summed E-state index contributed by atoms with van der Waals surface area (Å²) in [5, 5.41) is 4.73. The van der Waals surface area contributed by atoms with E-state index < -0.39 is 5.41 Å². The van der Waals surface area contributed by atoms with Crippen LogP contribution in [0.4, 0.5) is 17.1 Å². The third-order valence-corrected chi connectivity index (χ3v) is 13.3. The van der Waals surface area contributed by atoms with E-state index in [1.165, 1.54) is 59.1 Å². The number of hydrogen-bond donors (Lipinski definition) is 0. The van der Waals surface area contributed by atoms with E-state index in [1.54, 1.807) is 0 Å². The summed E-state index contributed by atoms with van der Waals surface area (Å²) in [7, 11) is 0. The maximum absolute atomic E-state index is 7.22. The van der Waals surface area contributed by atoms with Crippen LogP contribution in [0.3, 0.4) is 0 Å². The lowest BCUT2D eigenvalue weighted by Gasteiger charge is -2.34. The molecule has 0 fully saturated rings. The molecule has 12 rings (SSSR count). The van der Waals surface area contributed by atoms with Gasteiger partial charge in [-0.3, -0.25) is 0 Å². The Morgan fingerprint density at radius 3 is 1.74 bits per heavy atom. The van der Waals surface area contributed by atoms with E-state index in [0.29, 0.717) is 0 Å². The van der Waals surface area contributed by atoms with Crippen molar-refractivity contribution in [3.63, 3.8) is 0 Å². The summed E-state index contributed by atoms with van der Waals surface area (Å²) >= 11 is 1.87. The van der Waals surface area contributed by atoms with Gasteiger partial charge in [-0.05, 0) is 75.3 Å². The molecule has 0 aliphatic heterocycles.